The number of amides is 4. The first-order valence-electron chi connectivity index (χ1n) is 11.6. The average molecular weight is 543 g/mol. The molecule has 8 heteroatoms. The fourth-order valence-corrected chi connectivity index (χ4v) is 4.31. The zero-order valence-electron chi connectivity index (χ0n) is 19.9. The fraction of sp³-hybridized carbons (Fsp3) is 0.0333. The van der Waals surface area contributed by atoms with E-state index in [2.05, 4.69) is 0 Å². The first-order valence-corrected chi connectivity index (χ1v) is 12.4. The highest BCUT2D eigenvalue weighted by molar-refractivity contribution is 6.46. The Morgan fingerprint density at radius 3 is 1.74 bits per heavy atom. The van der Waals surface area contributed by atoms with Crippen LogP contribution in [0, 0.1) is 0 Å². The summed E-state index contributed by atoms with van der Waals surface area (Å²) in [6.07, 6.45) is 1.41. The highest BCUT2D eigenvalue weighted by atomic mass is 35.5. The van der Waals surface area contributed by atoms with Gasteiger partial charge in [0.05, 0.1) is 11.4 Å². The van der Waals surface area contributed by atoms with E-state index >= 15 is 0 Å². The van der Waals surface area contributed by atoms with Crippen LogP contribution < -0.4 is 14.5 Å². The number of urea groups is 1. The summed E-state index contributed by atoms with van der Waals surface area (Å²) < 4.78 is 6.01. The zero-order chi connectivity index (χ0) is 26.6. The van der Waals surface area contributed by atoms with Gasteiger partial charge in [-0.3, -0.25) is 9.59 Å². The topological polar surface area (TPSA) is 66.9 Å². The second-order valence-corrected chi connectivity index (χ2v) is 9.26. The predicted octanol–water partition coefficient (Wildman–Crippen LogP) is 7.16. The number of rotatable bonds is 6. The van der Waals surface area contributed by atoms with E-state index in [1.165, 1.54) is 6.08 Å². The number of ether oxygens (including phenoxy) is 1. The van der Waals surface area contributed by atoms with Gasteiger partial charge in [-0.05, 0) is 66.2 Å². The molecular weight excluding hydrogens is 523 g/mol. The molecule has 0 N–H and O–H groups in total. The van der Waals surface area contributed by atoms with Crippen molar-refractivity contribution in [1.29, 1.82) is 0 Å². The van der Waals surface area contributed by atoms with Gasteiger partial charge in [-0.2, -0.15) is 0 Å². The molecule has 0 unspecified atom stereocenters. The van der Waals surface area contributed by atoms with Gasteiger partial charge in [0.15, 0.2) is 0 Å². The van der Waals surface area contributed by atoms with E-state index in [0.29, 0.717) is 32.7 Å². The number of benzene rings is 4. The lowest BCUT2D eigenvalue weighted by atomic mass is 10.0. The molecule has 38 heavy (non-hydrogen) atoms. The van der Waals surface area contributed by atoms with Crippen LogP contribution in [0.1, 0.15) is 11.1 Å². The summed E-state index contributed by atoms with van der Waals surface area (Å²) in [4.78, 5) is 42.7. The first kappa shape index (κ1) is 25.3. The molecule has 1 aliphatic heterocycles. The number of carbonyl (C=O) groups excluding carboxylic acids is 3. The van der Waals surface area contributed by atoms with Gasteiger partial charge in [-0.15, -0.1) is 0 Å². The van der Waals surface area contributed by atoms with Crippen LogP contribution in [-0.2, 0) is 16.2 Å². The lowest BCUT2D eigenvalue weighted by molar-refractivity contribution is -0.121. The second kappa shape index (κ2) is 10.9. The molecule has 0 aliphatic carbocycles. The third kappa shape index (κ3) is 5.18. The van der Waals surface area contributed by atoms with E-state index in [9.17, 15) is 14.4 Å². The van der Waals surface area contributed by atoms with Gasteiger partial charge in [-0.25, -0.2) is 14.6 Å². The van der Waals surface area contributed by atoms with E-state index in [1.54, 1.807) is 91.0 Å². The van der Waals surface area contributed by atoms with Crippen LogP contribution in [0.15, 0.2) is 109 Å². The van der Waals surface area contributed by atoms with Gasteiger partial charge in [-0.1, -0.05) is 71.7 Å². The quantitative estimate of drug-likeness (QED) is 0.191. The molecule has 0 atom stereocenters. The maximum Gasteiger partial charge on any atom is 0.343 e. The van der Waals surface area contributed by atoms with Crippen LogP contribution in [0.4, 0.5) is 16.2 Å². The Morgan fingerprint density at radius 1 is 0.658 bits per heavy atom. The number of imide groups is 2. The molecule has 4 aromatic rings. The van der Waals surface area contributed by atoms with Crippen LogP contribution in [0.2, 0.25) is 10.0 Å². The van der Waals surface area contributed by atoms with Gasteiger partial charge in [0.25, 0.3) is 11.8 Å². The van der Waals surface area contributed by atoms with Gasteiger partial charge in [0.2, 0.25) is 0 Å². The molecule has 4 aromatic carbocycles. The maximum atomic E-state index is 13.6. The number of halogens is 2. The van der Waals surface area contributed by atoms with E-state index < -0.39 is 17.8 Å². The van der Waals surface area contributed by atoms with E-state index in [0.717, 1.165) is 15.4 Å². The lowest BCUT2D eigenvalue weighted by Gasteiger charge is -2.34. The molecule has 0 saturated carbocycles. The molecule has 1 saturated heterocycles. The normalized spacial score (nSPS) is 13.6. The summed E-state index contributed by atoms with van der Waals surface area (Å²) in [5.74, 6) is -1.09. The van der Waals surface area contributed by atoms with Crippen molar-refractivity contribution in [2.24, 2.45) is 0 Å². The Hall–Kier alpha value is -4.39. The molecule has 1 fully saturated rings. The van der Waals surface area contributed by atoms with Crippen molar-refractivity contribution in [1.82, 2.24) is 0 Å². The minimum atomic E-state index is -0.764. The zero-order valence-corrected chi connectivity index (χ0v) is 21.4. The summed E-state index contributed by atoms with van der Waals surface area (Å²) in [5.41, 5.74) is 1.76. The van der Waals surface area contributed by atoms with Crippen LogP contribution in [0.5, 0.6) is 5.75 Å². The van der Waals surface area contributed by atoms with Crippen molar-refractivity contribution in [2.75, 3.05) is 9.80 Å². The van der Waals surface area contributed by atoms with Crippen molar-refractivity contribution in [3.8, 4) is 5.75 Å². The van der Waals surface area contributed by atoms with Crippen molar-refractivity contribution in [3.05, 3.63) is 130 Å². The highest BCUT2D eigenvalue weighted by Crippen LogP contribution is 2.32. The standard InChI is InChI=1S/C30H20Cl2N2O4/c31-22-13-11-20(12-14-22)19-38-27-16-15-23(32)17-21(27)18-26-28(35)33(24-7-3-1-4-8-24)30(37)34(29(26)36)25-9-5-2-6-10-25/h1-18H,19H2. The summed E-state index contributed by atoms with van der Waals surface area (Å²) in [6, 6.07) is 28.3. The van der Waals surface area contributed by atoms with Crippen molar-refractivity contribution >= 4 is 58.5 Å². The van der Waals surface area contributed by atoms with Crippen LogP contribution in [0.3, 0.4) is 0 Å². The number of hydrogen-bond donors (Lipinski definition) is 0. The number of anilines is 2. The fourth-order valence-electron chi connectivity index (χ4n) is 4.00. The van der Waals surface area contributed by atoms with Crippen LogP contribution >= 0.6 is 23.2 Å². The number of barbiturate groups is 1. The molecule has 4 amide bonds. The first-order chi connectivity index (χ1) is 18.4. The van der Waals surface area contributed by atoms with Crippen molar-refractivity contribution in [2.45, 2.75) is 6.61 Å². The number of nitrogens with zero attached hydrogens (tertiary/aromatic N) is 2. The van der Waals surface area contributed by atoms with Gasteiger partial charge in [0, 0.05) is 15.6 Å². The van der Waals surface area contributed by atoms with Gasteiger partial charge in [0.1, 0.15) is 17.9 Å². The summed E-state index contributed by atoms with van der Waals surface area (Å²) >= 11 is 12.2. The minimum absolute atomic E-state index is 0.212. The van der Waals surface area contributed by atoms with E-state index in [1.807, 2.05) is 12.1 Å². The van der Waals surface area contributed by atoms with E-state index in [4.69, 9.17) is 27.9 Å². The second-order valence-electron chi connectivity index (χ2n) is 8.39. The molecule has 0 radical (unpaired) electrons. The molecule has 1 aliphatic rings. The molecule has 5 rings (SSSR count). The van der Waals surface area contributed by atoms with E-state index in [-0.39, 0.29) is 12.2 Å². The van der Waals surface area contributed by atoms with Crippen LogP contribution in [-0.4, -0.2) is 17.8 Å². The molecule has 1 heterocycles. The summed E-state index contributed by atoms with van der Waals surface area (Å²) in [5, 5.41) is 1.00. The Bertz CT molecular complexity index is 1470. The molecule has 0 spiro atoms. The highest BCUT2D eigenvalue weighted by Gasteiger charge is 2.43. The predicted molar refractivity (Wildman–Crippen MR) is 148 cm³/mol. The van der Waals surface area contributed by atoms with Gasteiger partial charge >= 0.3 is 6.03 Å². The Kier molecular flexibility index (Phi) is 7.26. The minimum Gasteiger partial charge on any atom is -0.488 e. The SMILES string of the molecule is O=C1C(=Cc2cc(Cl)ccc2OCc2ccc(Cl)cc2)C(=O)N(c2ccccc2)C(=O)N1c1ccccc1. The maximum absolute atomic E-state index is 13.6. The third-order valence-electron chi connectivity index (χ3n) is 5.86. The molecule has 0 aromatic heterocycles. The van der Waals surface area contributed by atoms with Gasteiger partial charge < -0.3 is 4.74 Å². The molecule has 6 nitrogen and oxygen atoms in total. The summed E-state index contributed by atoms with van der Waals surface area (Å²) in [6.45, 7) is 0.224. The summed E-state index contributed by atoms with van der Waals surface area (Å²) in [7, 11) is 0. The van der Waals surface area contributed by atoms with Crippen LogP contribution in [0.25, 0.3) is 6.08 Å². The average Bonchev–Trinajstić information content (AvgIpc) is 2.93. The molecular formula is C30H20Cl2N2O4. The largest absolute Gasteiger partial charge is 0.488 e. The van der Waals surface area contributed by atoms with Crippen molar-refractivity contribution in [3.63, 3.8) is 0 Å². The lowest BCUT2D eigenvalue weighted by Crippen LogP contribution is -2.57. The third-order valence-corrected chi connectivity index (χ3v) is 6.34. The smallest absolute Gasteiger partial charge is 0.343 e. The Labute approximate surface area is 229 Å². The monoisotopic (exact) mass is 542 g/mol. The Morgan fingerprint density at radius 2 is 1.18 bits per heavy atom. The number of carbonyl (C=O) groups is 3. The Balaban J connectivity index is 1.57. The number of para-hydroxylation sites is 2. The molecule has 0 bridgehead atoms. The number of hydrogen-bond acceptors (Lipinski definition) is 4. The van der Waals surface area contributed by atoms with Crippen molar-refractivity contribution < 1.29 is 19.1 Å². The molecule has 188 valence electrons.